The summed E-state index contributed by atoms with van der Waals surface area (Å²) in [7, 11) is 0. The second-order valence-electron chi connectivity index (χ2n) is 11.1. The Balaban J connectivity index is 0.985. The number of para-hydroxylation sites is 1. The van der Waals surface area contributed by atoms with Crippen molar-refractivity contribution < 1.29 is 4.79 Å². The Hall–Kier alpha value is -3.11. The molecule has 0 N–H and O–H groups in total. The first-order valence-electron chi connectivity index (χ1n) is 13.6. The van der Waals surface area contributed by atoms with Crippen LogP contribution in [0.4, 0.5) is 5.69 Å². The second-order valence-corrected chi connectivity index (χ2v) is 11.1. The molecule has 3 fully saturated rings. The van der Waals surface area contributed by atoms with Gasteiger partial charge in [-0.15, -0.1) is 0 Å². The molecule has 0 radical (unpaired) electrons. The number of likely N-dealkylation sites (tertiary alicyclic amines) is 1. The van der Waals surface area contributed by atoms with Crippen LogP contribution in [0.2, 0.25) is 0 Å². The van der Waals surface area contributed by atoms with Crippen molar-refractivity contribution in [3.8, 4) is 11.1 Å². The van der Waals surface area contributed by atoms with E-state index in [1.54, 1.807) is 0 Å². The summed E-state index contributed by atoms with van der Waals surface area (Å²) < 4.78 is 0. The third-order valence-electron chi connectivity index (χ3n) is 8.87. The highest BCUT2D eigenvalue weighted by Crippen LogP contribution is 2.60. The summed E-state index contributed by atoms with van der Waals surface area (Å²) in [6.45, 7) is 8.96. The van der Waals surface area contributed by atoms with Crippen LogP contribution in [-0.4, -0.2) is 55.0 Å². The lowest BCUT2D eigenvalue weighted by atomic mass is 9.90. The fourth-order valence-corrected chi connectivity index (χ4v) is 6.39. The highest BCUT2D eigenvalue weighted by Gasteiger charge is 2.59. The van der Waals surface area contributed by atoms with Gasteiger partial charge in [0.25, 0.3) is 0 Å². The van der Waals surface area contributed by atoms with Crippen LogP contribution < -0.4 is 4.90 Å². The molecule has 36 heavy (non-hydrogen) atoms. The van der Waals surface area contributed by atoms with Crippen LogP contribution in [0.1, 0.15) is 30.4 Å². The monoisotopic (exact) mass is 479 g/mol. The predicted octanol–water partition coefficient (Wildman–Crippen LogP) is 5.61. The topological polar surface area (TPSA) is 26.8 Å². The summed E-state index contributed by atoms with van der Waals surface area (Å²) in [4.78, 5) is 20.4. The van der Waals surface area contributed by atoms with Gasteiger partial charge < -0.3 is 9.80 Å². The van der Waals surface area contributed by atoms with E-state index >= 15 is 0 Å². The van der Waals surface area contributed by atoms with Gasteiger partial charge in [0.15, 0.2) is 0 Å². The highest BCUT2D eigenvalue weighted by atomic mass is 16.2. The van der Waals surface area contributed by atoms with E-state index in [0.29, 0.717) is 5.91 Å². The number of piperazine rings is 1. The molecule has 3 aliphatic rings. The van der Waals surface area contributed by atoms with Gasteiger partial charge in [-0.1, -0.05) is 66.7 Å². The maximum absolute atomic E-state index is 13.3. The van der Waals surface area contributed by atoms with Gasteiger partial charge in [-0.3, -0.25) is 9.69 Å². The van der Waals surface area contributed by atoms with E-state index in [1.807, 2.05) is 0 Å². The van der Waals surface area contributed by atoms with Crippen molar-refractivity contribution in [3.05, 3.63) is 90.0 Å². The van der Waals surface area contributed by atoms with Crippen molar-refractivity contribution in [3.63, 3.8) is 0 Å². The van der Waals surface area contributed by atoms with Gasteiger partial charge in [-0.2, -0.15) is 0 Å². The molecule has 6 rings (SSSR count). The van der Waals surface area contributed by atoms with Crippen LogP contribution in [0.3, 0.4) is 0 Å². The van der Waals surface area contributed by atoms with Crippen molar-refractivity contribution in [2.75, 3.05) is 44.2 Å². The number of benzene rings is 3. The van der Waals surface area contributed by atoms with Gasteiger partial charge in [0.1, 0.15) is 0 Å². The van der Waals surface area contributed by atoms with Gasteiger partial charge >= 0.3 is 0 Å². The van der Waals surface area contributed by atoms with E-state index in [0.717, 1.165) is 65.1 Å². The molecule has 0 bridgehead atoms. The van der Waals surface area contributed by atoms with Crippen LogP contribution in [0.5, 0.6) is 0 Å². The van der Waals surface area contributed by atoms with E-state index in [1.165, 1.54) is 27.9 Å². The van der Waals surface area contributed by atoms with Crippen LogP contribution in [0.15, 0.2) is 78.9 Å². The first kappa shape index (κ1) is 23.3. The highest BCUT2D eigenvalue weighted by molar-refractivity contribution is 5.83. The average molecular weight is 480 g/mol. The fourth-order valence-electron chi connectivity index (χ4n) is 6.39. The van der Waals surface area contributed by atoms with Crippen LogP contribution >= 0.6 is 0 Å². The molecule has 1 spiro atoms. The minimum Gasteiger partial charge on any atom is -0.368 e. The summed E-state index contributed by atoms with van der Waals surface area (Å²) in [5.74, 6) is 0.680. The first-order valence-corrected chi connectivity index (χ1v) is 13.6. The minimum absolute atomic E-state index is 0.260. The molecule has 0 aromatic heterocycles. The first-order chi connectivity index (χ1) is 17.6. The molecular formula is C32H37N3O. The second kappa shape index (κ2) is 9.74. The number of nitrogens with zero attached hydrogens (tertiary/aromatic N) is 3. The number of amides is 1. The maximum atomic E-state index is 13.3. The molecule has 2 heterocycles. The third-order valence-corrected chi connectivity index (χ3v) is 8.87. The van der Waals surface area contributed by atoms with Crippen LogP contribution in [0.25, 0.3) is 11.1 Å². The molecule has 4 heteroatoms. The Morgan fingerprint density at radius 3 is 2.17 bits per heavy atom. The van der Waals surface area contributed by atoms with Crippen LogP contribution in [0, 0.1) is 18.3 Å². The van der Waals surface area contributed by atoms with Gasteiger partial charge in [0.05, 0.1) is 0 Å². The Labute approximate surface area is 215 Å². The summed E-state index contributed by atoms with van der Waals surface area (Å²) in [6.07, 6.45) is 3.42. The van der Waals surface area contributed by atoms with Gasteiger partial charge in [-0.05, 0) is 79.1 Å². The lowest BCUT2D eigenvalue weighted by Gasteiger charge is -2.37. The number of piperidine rings is 1. The number of hydrogen-bond acceptors (Lipinski definition) is 3. The number of carbonyl (C=O) groups excluding carboxylic acids is 1. The lowest BCUT2D eigenvalue weighted by Crippen LogP contribution is -2.50. The van der Waals surface area contributed by atoms with Crippen molar-refractivity contribution >= 4 is 11.6 Å². The number of anilines is 1. The van der Waals surface area contributed by atoms with Crippen molar-refractivity contribution in [2.45, 2.75) is 32.7 Å². The molecule has 186 valence electrons. The summed E-state index contributed by atoms with van der Waals surface area (Å²) in [5, 5.41) is 0. The SMILES string of the molecule is Cc1ccccc1-c1ccc(CN2CCC3(CC2)C[C@@H]3C(=O)N2CCN(c3ccccc3)CC2)cc1. The van der Waals surface area contributed by atoms with Crippen LogP contribution in [-0.2, 0) is 11.3 Å². The van der Waals surface area contributed by atoms with E-state index in [-0.39, 0.29) is 11.3 Å². The van der Waals surface area contributed by atoms with Gasteiger partial charge in [0.2, 0.25) is 5.91 Å². The molecule has 2 saturated heterocycles. The smallest absolute Gasteiger partial charge is 0.226 e. The van der Waals surface area contributed by atoms with Gasteiger partial charge in [0, 0.05) is 44.3 Å². The summed E-state index contributed by atoms with van der Waals surface area (Å²) in [5.41, 5.74) is 6.85. The molecule has 0 unspecified atom stereocenters. The van der Waals surface area contributed by atoms with E-state index in [9.17, 15) is 4.79 Å². The molecule has 2 aliphatic heterocycles. The number of hydrogen-bond donors (Lipinski definition) is 0. The Morgan fingerprint density at radius 1 is 0.806 bits per heavy atom. The van der Waals surface area contributed by atoms with E-state index in [2.05, 4.69) is 100 Å². The number of rotatable bonds is 5. The molecule has 1 amide bonds. The molecular weight excluding hydrogens is 442 g/mol. The Bertz CT molecular complexity index is 1190. The molecule has 4 nitrogen and oxygen atoms in total. The third kappa shape index (κ3) is 4.67. The van der Waals surface area contributed by atoms with Crippen molar-refractivity contribution in [1.82, 2.24) is 9.80 Å². The number of aryl methyl sites for hydroxylation is 1. The van der Waals surface area contributed by atoms with Gasteiger partial charge in [-0.25, -0.2) is 0 Å². The molecule has 1 aliphatic carbocycles. The van der Waals surface area contributed by atoms with E-state index in [4.69, 9.17) is 0 Å². The van der Waals surface area contributed by atoms with Crippen molar-refractivity contribution in [1.29, 1.82) is 0 Å². The largest absolute Gasteiger partial charge is 0.368 e. The summed E-state index contributed by atoms with van der Waals surface area (Å²) >= 11 is 0. The van der Waals surface area contributed by atoms with Crippen molar-refractivity contribution in [2.24, 2.45) is 11.3 Å². The normalized spacial score (nSPS) is 21.5. The quantitative estimate of drug-likeness (QED) is 0.476. The molecule has 3 aromatic carbocycles. The Kier molecular flexibility index (Phi) is 6.30. The number of carbonyl (C=O) groups is 1. The fraction of sp³-hybridized carbons (Fsp3) is 0.406. The molecule has 3 aromatic rings. The summed E-state index contributed by atoms with van der Waals surface area (Å²) in [6, 6.07) is 28.2. The van der Waals surface area contributed by atoms with E-state index < -0.39 is 0 Å². The Morgan fingerprint density at radius 2 is 1.47 bits per heavy atom. The minimum atomic E-state index is 0.260. The molecule has 1 atom stereocenters. The lowest BCUT2D eigenvalue weighted by molar-refractivity contribution is -0.134. The maximum Gasteiger partial charge on any atom is 0.226 e. The zero-order valence-corrected chi connectivity index (χ0v) is 21.4. The average Bonchev–Trinajstić information content (AvgIpc) is 3.64. The predicted molar refractivity (Wildman–Crippen MR) is 147 cm³/mol. The standard InChI is InChI=1S/C32H37N3O/c1-25-7-5-6-10-29(25)27-13-11-26(12-14-27)24-33-17-15-32(16-18-33)23-30(32)31(36)35-21-19-34(20-22-35)28-8-3-2-4-9-28/h2-14,30H,15-24H2,1H3/t30-/m1/s1. The molecule has 1 saturated carbocycles. The zero-order valence-electron chi connectivity index (χ0n) is 21.4. The zero-order chi connectivity index (χ0) is 24.5.